The van der Waals surface area contributed by atoms with Gasteiger partial charge in [0.1, 0.15) is 0 Å². The van der Waals surface area contributed by atoms with E-state index in [1.54, 1.807) is 6.92 Å². The fourth-order valence-electron chi connectivity index (χ4n) is 2.07. The zero-order valence-corrected chi connectivity index (χ0v) is 12.0. The molecule has 2 aromatic rings. The van der Waals surface area contributed by atoms with Crippen molar-refractivity contribution in [1.29, 1.82) is 0 Å². The van der Waals surface area contributed by atoms with E-state index in [-0.39, 0.29) is 5.41 Å². The molecule has 1 N–H and O–H groups in total. The quantitative estimate of drug-likeness (QED) is 0.928. The number of nitrogens with zero attached hydrogens (tertiary/aromatic N) is 4. The Morgan fingerprint density at radius 3 is 2.55 bits per heavy atom. The van der Waals surface area contributed by atoms with Crippen molar-refractivity contribution in [3.05, 3.63) is 29.8 Å². The van der Waals surface area contributed by atoms with Gasteiger partial charge in [-0.2, -0.15) is 0 Å². The zero-order chi connectivity index (χ0) is 14.9. The van der Waals surface area contributed by atoms with E-state index in [0.29, 0.717) is 5.82 Å². The monoisotopic (exact) mass is 274 g/mol. The molecule has 0 saturated heterocycles. The first-order valence-electron chi connectivity index (χ1n) is 6.43. The van der Waals surface area contributed by atoms with E-state index in [1.807, 2.05) is 24.3 Å². The van der Waals surface area contributed by atoms with Gasteiger partial charge in [-0.25, -0.2) is 9.48 Å². The highest BCUT2D eigenvalue weighted by Crippen LogP contribution is 2.32. The lowest BCUT2D eigenvalue weighted by atomic mass is 9.83. The summed E-state index contributed by atoms with van der Waals surface area (Å²) in [6.07, 6.45) is 0. The Morgan fingerprint density at radius 1 is 1.30 bits per heavy atom. The highest BCUT2D eigenvalue weighted by Gasteiger charge is 2.25. The second kappa shape index (κ2) is 5.03. The van der Waals surface area contributed by atoms with Crippen LogP contribution in [0, 0.1) is 0 Å². The van der Waals surface area contributed by atoms with Crippen molar-refractivity contribution < 1.29 is 9.90 Å². The Kier molecular flexibility index (Phi) is 3.57. The third kappa shape index (κ3) is 2.54. The van der Waals surface area contributed by atoms with Crippen LogP contribution in [-0.4, -0.2) is 31.3 Å². The van der Waals surface area contributed by atoms with Gasteiger partial charge in [0.05, 0.1) is 0 Å². The summed E-state index contributed by atoms with van der Waals surface area (Å²) in [6, 6.07) is 6.97. The molecule has 0 aliphatic carbocycles. The van der Waals surface area contributed by atoms with Crippen LogP contribution in [0.3, 0.4) is 0 Å². The second-order valence-corrected chi connectivity index (χ2v) is 5.76. The van der Waals surface area contributed by atoms with Gasteiger partial charge >= 0.3 is 5.97 Å². The number of hydrogen-bond acceptors (Lipinski definition) is 4. The summed E-state index contributed by atoms with van der Waals surface area (Å²) in [5.41, 5.74) is 1.85. The van der Waals surface area contributed by atoms with Gasteiger partial charge in [0, 0.05) is 5.56 Å². The van der Waals surface area contributed by atoms with Crippen LogP contribution in [0.5, 0.6) is 0 Å². The summed E-state index contributed by atoms with van der Waals surface area (Å²) < 4.78 is 1.34. The molecule has 0 fully saturated rings. The molecule has 106 valence electrons. The van der Waals surface area contributed by atoms with Gasteiger partial charge in [-0.3, -0.25) is 0 Å². The first-order valence-corrected chi connectivity index (χ1v) is 6.43. The lowest BCUT2D eigenvalue weighted by Gasteiger charge is -2.22. The Hall–Kier alpha value is -2.24. The maximum Gasteiger partial charge on any atom is 0.328 e. The number of aliphatic carboxylic acids is 1. The number of carboxylic acid groups (broad SMARTS) is 1. The number of tetrazole rings is 1. The van der Waals surface area contributed by atoms with Gasteiger partial charge in [0.25, 0.3) is 0 Å². The molecule has 20 heavy (non-hydrogen) atoms. The minimum Gasteiger partial charge on any atom is -0.480 e. The van der Waals surface area contributed by atoms with Crippen molar-refractivity contribution in [1.82, 2.24) is 20.2 Å². The lowest BCUT2D eigenvalue weighted by Crippen LogP contribution is -2.19. The van der Waals surface area contributed by atoms with Crippen molar-refractivity contribution in [2.75, 3.05) is 0 Å². The highest BCUT2D eigenvalue weighted by atomic mass is 16.4. The summed E-state index contributed by atoms with van der Waals surface area (Å²) in [7, 11) is 0. The van der Waals surface area contributed by atoms with Gasteiger partial charge in [0.15, 0.2) is 11.9 Å². The predicted octanol–water partition coefficient (Wildman–Crippen LogP) is 2.28. The van der Waals surface area contributed by atoms with E-state index in [1.165, 1.54) is 4.68 Å². The van der Waals surface area contributed by atoms with Crippen LogP contribution in [0.25, 0.3) is 11.4 Å². The number of carbonyl (C=O) groups is 1. The molecule has 0 radical (unpaired) electrons. The van der Waals surface area contributed by atoms with Crippen molar-refractivity contribution in [2.24, 2.45) is 0 Å². The third-order valence-electron chi connectivity index (χ3n) is 3.19. The van der Waals surface area contributed by atoms with E-state index >= 15 is 0 Å². The molecule has 0 amide bonds. The molecule has 2 rings (SSSR count). The molecule has 0 aliphatic heterocycles. The molecule has 0 aliphatic rings. The maximum atomic E-state index is 11.1. The first-order chi connectivity index (χ1) is 9.32. The average Bonchev–Trinajstić information content (AvgIpc) is 2.85. The summed E-state index contributed by atoms with van der Waals surface area (Å²) in [6.45, 7) is 7.85. The van der Waals surface area contributed by atoms with Crippen LogP contribution in [0.15, 0.2) is 24.3 Å². The molecule has 0 spiro atoms. The highest BCUT2D eigenvalue weighted by molar-refractivity contribution is 5.72. The molecule has 6 nitrogen and oxygen atoms in total. The van der Waals surface area contributed by atoms with Crippen LogP contribution < -0.4 is 0 Å². The molecular weight excluding hydrogens is 256 g/mol. The van der Waals surface area contributed by atoms with Gasteiger partial charge < -0.3 is 5.11 Å². The molecule has 1 aromatic heterocycles. The summed E-state index contributed by atoms with van der Waals surface area (Å²) in [4.78, 5) is 11.1. The topological polar surface area (TPSA) is 80.9 Å². The van der Waals surface area contributed by atoms with E-state index in [2.05, 4.69) is 36.3 Å². The molecule has 0 saturated carbocycles. The van der Waals surface area contributed by atoms with Crippen molar-refractivity contribution in [3.63, 3.8) is 0 Å². The second-order valence-electron chi connectivity index (χ2n) is 5.76. The van der Waals surface area contributed by atoms with Gasteiger partial charge in [-0.05, 0) is 28.3 Å². The first kappa shape index (κ1) is 14.2. The molecular formula is C14H18N4O2. The average molecular weight is 274 g/mol. The fraction of sp³-hybridized carbons (Fsp3) is 0.429. The molecule has 0 bridgehead atoms. The minimum absolute atomic E-state index is 0.0835. The number of carboxylic acids is 1. The summed E-state index contributed by atoms with van der Waals surface area (Å²) in [5.74, 6) is -0.489. The molecule has 1 unspecified atom stereocenters. The Labute approximate surface area is 117 Å². The Morgan fingerprint density at radius 2 is 1.95 bits per heavy atom. The Bertz CT molecular complexity index is 628. The smallest absolute Gasteiger partial charge is 0.328 e. The molecule has 6 heteroatoms. The number of hydrogen-bond donors (Lipinski definition) is 1. The van der Waals surface area contributed by atoms with Crippen molar-refractivity contribution >= 4 is 5.97 Å². The largest absolute Gasteiger partial charge is 0.480 e. The number of aromatic nitrogens is 4. The molecule has 1 heterocycles. The maximum absolute atomic E-state index is 11.1. The van der Waals surface area contributed by atoms with Crippen LogP contribution in [0.4, 0.5) is 0 Å². The van der Waals surface area contributed by atoms with E-state index in [9.17, 15) is 4.79 Å². The van der Waals surface area contributed by atoms with E-state index < -0.39 is 12.0 Å². The fourth-order valence-corrected chi connectivity index (χ4v) is 2.07. The summed E-state index contributed by atoms with van der Waals surface area (Å²) in [5, 5.41) is 20.6. The van der Waals surface area contributed by atoms with E-state index in [4.69, 9.17) is 5.11 Å². The van der Waals surface area contributed by atoms with Crippen LogP contribution in [0.2, 0.25) is 0 Å². The van der Waals surface area contributed by atoms with E-state index in [0.717, 1.165) is 11.1 Å². The van der Waals surface area contributed by atoms with Gasteiger partial charge in [-0.15, -0.1) is 5.10 Å². The van der Waals surface area contributed by atoms with Crippen molar-refractivity contribution in [2.45, 2.75) is 39.2 Å². The van der Waals surface area contributed by atoms with Crippen molar-refractivity contribution in [3.8, 4) is 11.4 Å². The Balaban J connectivity index is 2.60. The lowest BCUT2D eigenvalue weighted by molar-refractivity contribution is -0.140. The minimum atomic E-state index is -0.966. The van der Waals surface area contributed by atoms with Crippen LogP contribution in [0.1, 0.15) is 39.3 Å². The van der Waals surface area contributed by atoms with Crippen LogP contribution in [-0.2, 0) is 10.2 Å². The SMILES string of the molecule is CC(C(=O)O)n1nnnc1-c1ccccc1C(C)(C)C. The zero-order valence-electron chi connectivity index (χ0n) is 12.0. The molecule has 1 aromatic carbocycles. The third-order valence-corrected chi connectivity index (χ3v) is 3.19. The number of benzene rings is 1. The standard InChI is InChI=1S/C14H18N4O2/c1-9(13(19)20)18-12(15-16-17-18)10-7-5-6-8-11(10)14(2,3)4/h5-9H,1-4H3,(H,19,20). The normalized spacial score (nSPS) is 13.2. The molecule has 1 atom stereocenters. The predicted molar refractivity (Wildman–Crippen MR) is 74.3 cm³/mol. The summed E-state index contributed by atoms with van der Waals surface area (Å²) >= 11 is 0. The van der Waals surface area contributed by atoms with Gasteiger partial charge in [0.2, 0.25) is 0 Å². The van der Waals surface area contributed by atoms with Gasteiger partial charge in [-0.1, -0.05) is 45.0 Å². The number of rotatable bonds is 3. The van der Waals surface area contributed by atoms with Crippen LogP contribution >= 0.6 is 0 Å².